The monoisotopic (exact) mass is 347 g/mol. The molecule has 2 rings (SSSR count). The molecule has 1 aromatic rings. The number of carboxylic acid groups (broad SMARTS) is 1. The lowest BCUT2D eigenvalue weighted by Gasteiger charge is -2.30. The molecule has 1 atom stereocenters. The number of nitrogens with zero attached hydrogens (tertiary/aromatic N) is 2. The molecule has 1 aliphatic heterocycles. The van der Waals surface area contributed by atoms with Crippen molar-refractivity contribution in [2.24, 2.45) is 5.92 Å². The van der Waals surface area contributed by atoms with E-state index in [-0.39, 0.29) is 18.5 Å². The molecule has 3 amide bonds. The number of carboxylic acids is 1. The van der Waals surface area contributed by atoms with Gasteiger partial charge in [-0.05, 0) is 51.0 Å². The van der Waals surface area contributed by atoms with Crippen LogP contribution in [0.3, 0.4) is 0 Å². The third-order valence-corrected chi connectivity index (χ3v) is 4.49. The number of nitrogens with one attached hydrogen (secondary N) is 1. The first-order valence-electron chi connectivity index (χ1n) is 8.64. The molecule has 0 saturated carbocycles. The number of hydrogen-bond donors (Lipinski definition) is 2. The number of urea groups is 1. The summed E-state index contributed by atoms with van der Waals surface area (Å²) in [5, 5.41) is 11.9. The van der Waals surface area contributed by atoms with Crippen molar-refractivity contribution in [1.82, 2.24) is 9.80 Å². The Morgan fingerprint density at radius 3 is 2.40 bits per heavy atom. The Balaban J connectivity index is 1.97. The largest absolute Gasteiger partial charge is 0.481 e. The Labute approximate surface area is 147 Å². The van der Waals surface area contributed by atoms with Crippen molar-refractivity contribution in [1.29, 1.82) is 0 Å². The van der Waals surface area contributed by atoms with Crippen LogP contribution in [0.2, 0.25) is 0 Å². The van der Waals surface area contributed by atoms with Crippen LogP contribution < -0.4 is 5.32 Å². The molecule has 0 aliphatic carbocycles. The first-order chi connectivity index (χ1) is 12.0. The van der Waals surface area contributed by atoms with Crippen molar-refractivity contribution in [2.45, 2.75) is 26.7 Å². The van der Waals surface area contributed by atoms with E-state index >= 15 is 0 Å². The van der Waals surface area contributed by atoms with Crippen LogP contribution in [-0.2, 0) is 4.79 Å². The summed E-state index contributed by atoms with van der Waals surface area (Å²) in [6.45, 7) is 5.92. The fourth-order valence-electron chi connectivity index (χ4n) is 2.96. The second-order valence-electron chi connectivity index (χ2n) is 6.11. The average molecular weight is 347 g/mol. The van der Waals surface area contributed by atoms with Gasteiger partial charge >= 0.3 is 12.0 Å². The van der Waals surface area contributed by atoms with Crippen molar-refractivity contribution in [3.63, 3.8) is 0 Å². The highest BCUT2D eigenvalue weighted by Crippen LogP contribution is 2.18. The molecule has 25 heavy (non-hydrogen) atoms. The quantitative estimate of drug-likeness (QED) is 0.856. The summed E-state index contributed by atoms with van der Waals surface area (Å²) in [6.07, 6.45) is 1.28. The first kappa shape index (κ1) is 18.8. The SMILES string of the molecule is CCN(CC)C(=O)c1ccc(NC(=O)N2CCCC(C(=O)O)C2)cc1. The van der Waals surface area contributed by atoms with Gasteiger partial charge in [0.15, 0.2) is 0 Å². The number of amides is 3. The van der Waals surface area contributed by atoms with Crippen LogP contribution >= 0.6 is 0 Å². The van der Waals surface area contributed by atoms with Crippen molar-refractivity contribution >= 4 is 23.6 Å². The standard InChI is InChI=1S/C18H25N3O4/c1-3-20(4-2)16(22)13-7-9-15(10-8-13)19-18(25)21-11-5-6-14(12-21)17(23)24/h7-10,14H,3-6,11-12H2,1-2H3,(H,19,25)(H,23,24). The van der Waals surface area contributed by atoms with E-state index in [4.69, 9.17) is 5.11 Å². The maximum absolute atomic E-state index is 12.3. The maximum atomic E-state index is 12.3. The van der Waals surface area contributed by atoms with Crippen molar-refractivity contribution in [2.75, 3.05) is 31.5 Å². The van der Waals surface area contributed by atoms with Gasteiger partial charge in [0.25, 0.3) is 5.91 Å². The Morgan fingerprint density at radius 1 is 1.20 bits per heavy atom. The molecule has 7 nitrogen and oxygen atoms in total. The van der Waals surface area contributed by atoms with Gasteiger partial charge in [0.2, 0.25) is 0 Å². The lowest BCUT2D eigenvalue weighted by molar-refractivity contribution is -0.143. The lowest BCUT2D eigenvalue weighted by atomic mass is 9.99. The number of carbonyl (C=O) groups excluding carboxylic acids is 2. The zero-order chi connectivity index (χ0) is 18.4. The number of anilines is 1. The number of rotatable bonds is 5. The van der Waals surface area contributed by atoms with E-state index in [0.717, 1.165) is 0 Å². The van der Waals surface area contributed by atoms with Gasteiger partial charge in [-0.25, -0.2) is 4.79 Å². The number of piperidine rings is 1. The minimum atomic E-state index is -0.864. The van der Waals surface area contributed by atoms with E-state index in [2.05, 4.69) is 5.32 Å². The summed E-state index contributed by atoms with van der Waals surface area (Å²) in [6, 6.07) is 6.44. The van der Waals surface area contributed by atoms with Crippen LogP contribution in [0.5, 0.6) is 0 Å². The van der Waals surface area contributed by atoms with Crippen LogP contribution in [0.15, 0.2) is 24.3 Å². The number of carbonyl (C=O) groups is 3. The summed E-state index contributed by atoms with van der Waals surface area (Å²) in [7, 11) is 0. The van der Waals surface area contributed by atoms with Gasteiger partial charge in [-0.15, -0.1) is 0 Å². The van der Waals surface area contributed by atoms with Gasteiger partial charge < -0.3 is 20.2 Å². The third kappa shape index (κ3) is 4.71. The molecule has 1 unspecified atom stereocenters. The second kappa shape index (κ2) is 8.50. The lowest BCUT2D eigenvalue weighted by Crippen LogP contribution is -2.44. The summed E-state index contributed by atoms with van der Waals surface area (Å²) in [4.78, 5) is 38.9. The van der Waals surface area contributed by atoms with E-state index < -0.39 is 11.9 Å². The van der Waals surface area contributed by atoms with E-state index in [1.165, 1.54) is 4.90 Å². The van der Waals surface area contributed by atoms with Crippen LogP contribution in [0.4, 0.5) is 10.5 Å². The van der Waals surface area contributed by atoms with Crippen LogP contribution in [0.25, 0.3) is 0 Å². The van der Waals surface area contributed by atoms with Crippen LogP contribution in [-0.4, -0.2) is 59.0 Å². The summed E-state index contributed by atoms with van der Waals surface area (Å²) in [5.74, 6) is -1.41. The predicted octanol–water partition coefficient (Wildman–Crippen LogP) is 2.50. The van der Waals surface area contributed by atoms with Crippen molar-refractivity contribution in [3.8, 4) is 0 Å². The second-order valence-corrected chi connectivity index (χ2v) is 6.11. The summed E-state index contributed by atoms with van der Waals surface area (Å²) >= 11 is 0. The zero-order valence-corrected chi connectivity index (χ0v) is 14.7. The number of benzene rings is 1. The smallest absolute Gasteiger partial charge is 0.321 e. The average Bonchev–Trinajstić information content (AvgIpc) is 2.63. The Hall–Kier alpha value is -2.57. The van der Waals surface area contributed by atoms with Gasteiger partial charge in [-0.1, -0.05) is 0 Å². The van der Waals surface area contributed by atoms with E-state index in [1.54, 1.807) is 29.2 Å². The van der Waals surface area contributed by atoms with Crippen molar-refractivity contribution in [3.05, 3.63) is 29.8 Å². The molecule has 1 heterocycles. The maximum Gasteiger partial charge on any atom is 0.321 e. The molecule has 0 aromatic heterocycles. The van der Waals surface area contributed by atoms with Crippen LogP contribution in [0, 0.1) is 5.92 Å². The molecule has 1 aromatic carbocycles. The minimum Gasteiger partial charge on any atom is -0.481 e. The Morgan fingerprint density at radius 2 is 1.84 bits per heavy atom. The molecule has 0 radical (unpaired) electrons. The fourth-order valence-corrected chi connectivity index (χ4v) is 2.96. The molecule has 136 valence electrons. The number of hydrogen-bond acceptors (Lipinski definition) is 3. The van der Waals surface area contributed by atoms with Gasteiger partial charge in [-0.2, -0.15) is 0 Å². The number of likely N-dealkylation sites (tertiary alicyclic amines) is 1. The number of aliphatic carboxylic acids is 1. The van der Waals surface area contributed by atoms with Gasteiger partial charge in [0, 0.05) is 37.4 Å². The van der Waals surface area contributed by atoms with Gasteiger partial charge in [0.05, 0.1) is 5.92 Å². The molecule has 1 saturated heterocycles. The van der Waals surface area contributed by atoms with Crippen LogP contribution in [0.1, 0.15) is 37.0 Å². The molecule has 7 heteroatoms. The van der Waals surface area contributed by atoms with Gasteiger partial charge in [-0.3, -0.25) is 9.59 Å². The Kier molecular flexibility index (Phi) is 6.38. The summed E-state index contributed by atoms with van der Waals surface area (Å²) in [5.41, 5.74) is 1.16. The topological polar surface area (TPSA) is 90.0 Å². The Bertz CT molecular complexity index is 626. The molecular formula is C18H25N3O4. The molecule has 1 aliphatic rings. The molecule has 0 bridgehead atoms. The zero-order valence-electron chi connectivity index (χ0n) is 14.7. The normalized spacial score (nSPS) is 17.0. The molecule has 1 fully saturated rings. The first-order valence-corrected chi connectivity index (χ1v) is 8.64. The predicted molar refractivity (Wildman–Crippen MR) is 94.6 cm³/mol. The van der Waals surface area contributed by atoms with E-state index in [9.17, 15) is 14.4 Å². The highest BCUT2D eigenvalue weighted by molar-refractivity contribution is 5.95. The molecule has 2 N–H and O–H groups in total. The van der Waals surface area contributed by atoms with E-state index in [0.29, 0.717) is 43.7 Å². The van der Waals surface area contributed by atoms with E-state index in [1.807, 2.05) is 13.8 Å². The molecular weight excluding hydrogens is 322 g/mol. The fraction of sp³-hybridized carbons (Fsp3) is 0.500. The van der Waals surface area contributed by atoms with Crippen molar-refractivity contribution < 1.29 is 19.5 Å². The minimum absolute atomic E-state index is 0.0387. The highest BCUT2D eigenvalue weighted by Gasteiger charge is 2.28. The highest BCUT2D eigenvalue weighted by atomic mass is 16.4. The summed E-state index contributed by atoms with van der Waals surface area (Å²) < 4.78 is 0. The van der Waals surface area contributed by atoms with Gasteiger partial charge in [0.1, 0.15) is 0 Å². The third-order valence-electron chi connectivity index (χ3n) is 4.49. The molecule has 0 spiro atoms.